The Balaban J connectivity index is 1.82. The van der Waals surface area contributed by atoms with Crippen LogP contribution >= 0.6 is 15.9 Å². The van der Waals surface area contributed by atoms with E-state index in [2.05, 4.69) is 57.6 Å². The molecule has 0 spiro atoms. The molecule has 0 radical (unpaired) electrons. The maximum Gasteiger partial charge on any atom is 0.122 e. The van der Waals surface area contributed by atoms with Crippen molar-refractivity contribution in [2.24, 2.45) is 0 Å². The molecule has 0 aliphatic rings. The second kappa shape index (κ2) is 4.86. The Kier molecular flexibility index (Phi) is 3.07. The van der Waals surface area contributed by atoms with Crippen molar-refractivity contribution in [3.05, 3.63) is 65.0 Å². The minimum Gasteiger partial charge on any atom is -0.467 e. The van der Waals surface area contributed by atoms with E-state index in [0.717, 1.165) is 15.9 Å². The molecule has 0 fully saturated rings. The largest absolute Gasteiger partial charge is 0.467 e. The van der Waals surface area contributed by atoms with Gasteiger partial charge in [0.2, 0.25) is 0 Å². The lowest BCUT2D eigenvalue weighted by Gasteiger charge is -2.06. The summed E-state index contributed by atoms with van der Waals surface area (Å²) in [5, 5.41) is 5.80. The van der Waals surface area contributed by atoms with Crippen LogP contribution in [0.1, 0.15) is 5.76 Å². The molecular weight excluding hydrogens is 290 g/mol. The summed E-state index contributed by atoms with van der Waals surface area (Å²) in [4.78, 5) is 0. The number of hydrogen-bond acceptors (Lipinski definition) is 2. The molecule has 1 N–H and O–H groups in total. The van der Waals surface area contributed by atoms with Crippen LogP contribution in [0.25, 0.3) is 10.8 Å². The van der Waals surface area contributed by atoms with E-state index in [1.165, 1.54) is 10.8 Å². The number of benzene rings is 2. The molecule has 0 unspecified atom stereocenters. The summed E-state index contributed by atoms with van der Waals surface area (Å²) in [6, 6.07) is 16.5. The number of nitrogens with one attached hydrogen (secondary N) is 1. The number of rotatable bonds is 3. The first-order valence-corrected chi connectivity index (χ1v) is 6.56. The highest BCUT2D eigenvalue weighted by Crippen LogP contribution is 2.23. The average molecular weight is 302 g/mol. The predicted octanol–water partition coefficient (Wildman–Crippen LogP) is 4.81. The average Bonchev–Trinajstić information content (AvgIpc) is 2.89. The summed E-state index contributed by atoms with van der Waals surface area (Å²) in [6.45, 7) is 0.703. The number of anilines is 1. The molecule has 0 bridgehead atoms. The third-order valence-corrected chi connectivity index (χ3v) is 3.34. The minimum atomic E-state index is 0.703. The smallest absolute Gasteiger partial charge is 0.122 e. The molecule has 2 nitrogen and oxygen atoms in total. The Morgan fingerprint density at radius 1 is 1.00 bits per heavy atom. The van der Waals surface area contributed by atoms with E-state index in [0.29, 0.717) is 6.54 Å². The molecule has 1 heterocycles. The fraction of sp³-hybridized carbons (Fsp3) is 0.0667. The van der Waals surface area contributed by atoms with Gasteiger partial charge in [-0.3, -0.25) is 0 Å². The van der Waals surface area contributed by atoms with Gasteiger partial charge in [-0.05, 0) is 47.2 Å². The van der Waals surface area contributed by atoms with Crippen molar-refractivity contribution in [1.29, 1.82) is 0 Å². The lowest BCUT2D eigenvalue weighted by Crippen LogP contribution is -1.97. The van der Waals surface area contributed by atoms with Gasteiger partial charge in [-0.2, -0.15) is 0 Å². The normalized spacial score (nSPS) is 10.7. The third kappa shape index (κ3) is 2.41. The molecule has 18 heavy (non-hydrogen) atoms. The minimum absolute atomic E-state index is 0.703. The second-order valence-corrected chi connectivity index (χ2v) is 5.05. The van der Waals surface area contributed by atoms with Crippen molar-refractivity contribution >= 4 is 32.4 Å². The van der Waals surface area contributed by atoms with E-state index < -0.39 is 0 Å². The zero-order valence-electron chi connectivity index (χ0n) is 9.69. The van der Waals surface area contributed by atoms with Crippen LogP contribution in [-0.2, 0) is 6.54 Å². The molecule has 0 amide bonds. The van der Waals surface area contributed by atoms with Crippen LogP contribution in [-0.4, -0.2) is 0 Å². The molecule has 3 aromatic rings. The molecule has 90 valence electrons. The molecule has 0 saturated carbocycles. The van der Waals surface area contributed by atoms with Gasteiger partial charge in [0.25, 0.3) is 0 Å². The first-order valence-electron chi connectivity index (χ1n) is 5.77. The zero-order chi connectivity index (χ0) is 12.4. The standard InChI is InChI=1S/C15H12BrNO/c16-13-5-3-12-9-14(6-4-11(12)8-13)17-10-15-2-1-7-18-15/h1-9,17H,10H2. The van der Waals surface area contributed by atoms with Gasteiger partial charge in [0.05, 0.1) is 12.8 Å². The van der Waals surface area contributed by atoms with Crippen LogP contribution in [0.4, 0.5) is 5.69 Å². The highest BCUT2D eigenvalue weighted by molar-refractivity contribution is 9.10. The van der Waals surface area contributed by atoms with E-state index >= 15 is 0 Å². The summed E-state index contributed by atoms with van der Waals surface area (Å²) < 4.78 is 6.39. The maximum absolute atomic E-state index is 5.29. The van der Waals surface area contributed by atoms with E-state index in [1.54, 1.807) is 6.26 Å². The Hall–Kier alpha value is -1.74. The van der Waals surface area contributed by atoms with Crippen LogP contribution in [0.3, 0.4) is 0 Å². The Morgan fingerprint density at radius 3 is 2.67 bits per heavy atom. The number of halogens is 1. The topological polar surface area (TPSA) is 25.2 Å². The lowest BCUT2D eigenvalue weighted by molar-refractivity contribution is 0.518. The van der Waals surface area contributed by atoms with Crippen molar-refractivity contribution in [3.63, 3.8) is 0 Å². The number of hydrogen-bond donors (Lipinski definition) is 1. The molecule has 3 heteroatoms. The second-order valence-electron chi connectivity index (χ2n) is 4.14. The van der Waals surface area contributed by atoms with Crippen LogP contribution in [0.15, 0.2) is 63.7 Å². The van der Waals surface area contributed by atoms with Crippen LogP contribution in [0, 0.1) is 0 Å². The third-order valence-electron chi connectivity index (χ3n) is 2.85. The van der Waals surface area contributed by atoms with E-state index in [9.17, 15) is 0 Å². The molecule has 0 saturated heterocycles. The summed E-state index contributed by atoms with van der Waals surface area (Å²) in [5.74, 6) is 0.936. The van der Waals surface area contributed by atoms with Gasteiger partial charge >= 0.3 is 0 Å². The van der Waals surface area contributed by atoms with Crippen LogP contribution in [0.2, 0.25) is 0 Å². The fourth-order valence-corrected chi connectivity index (χ4v) is 2.31. The van der Waals surface area contributed by atoms with Crippen molar-refractivity contribution < 1.29 is 4.42 Å². The molecule has 2 aromatic carbocycles. The lowest BCUT2D eigenvalue weighted by atomic mass is 10.1. The molecule has 0 aliphatic heterocycles. The molecule has 0 aliphatic carbocycles. The Bertz CT molecular complexity index is 661. The summed E-state index contributed by atoms with van der Waals surface area (Å²) in [6.07, 6.45) is 1.69. The van der Waals surface area contributed by atoms with Gasteiger partial charge in [0.15, 0.2) is 0 Å². The van der Waals surface area contributed by atoms with Crippen LogP contribution in [0.5, 0.6) is 0 Å². The molecule has 1 aromatic heterocycles. The predicted molar refractivity (Wildman–Crippen MR) is 77.7 cm³/mol. The number of furan rings is 1. The van der Waals surface area contributed by atoms with E-state index in [-0.39, 0.29) is 0 Å². The molecular formula is C15H12BrNO. The van der Waals surface area contributed by atoms with E-state index in [1.807, 2.05) is 12.1 Å². The summed E-state index contributed by atoms with van der Waals surface area (Å²) in [5.41, 5.74) is 1.10. The first-order chi connectivity index (χ1) is 8.81. The summed E-state index contributed by atoms with van der Waals surface area (Å²) in [7, 11) is 0. The van der Waals surface area contributed by atoms with Gasteiger partial charge in [-0.25, -0.2) is 0 Å². The van der Waals surface area contributed by atoms with Crippen LogP contribution < -0.4 is 5.32 Å². The van der Waals surface area contributed by atoms with Gasteiger partial charge in [0.1, 0.15) is 5.76 Å². The van der Waals surface area contributed by atoms with Crippen molar-refractivity contribution in [2.45, 2.75) is 6.54 Å². The molecule has 3 rings (SSSR count). The quantitative estimate of drug-likeness (QED) is 0.751. The van der Waals surface area contributed by atoms with Gasteiger partial charge < -0.3 is 9.73 Å². The molecule has 0 atom stereocenters. The zero-order valence-corrected chi connectivity index (χ0v) is 11.3. The SMILES string of the molecule is Brc1ccc2cc(NCc3ccco3)ccc2c1. The maximum atomic E-state index is 5.29. The van der Waals surface area contributed by atoms with Gasteiger partial charge in [-0.1, -0.05) is 28.1 Å². The monoisotopic (exact) mass is 301 g/mol. The Labute approximate surface area is 114 Å². The van der Waals surface area contributed by atoms with Crippen molar-refractivity contribution in [3.8, 4) is 0 Å². The van der Waals surface area contributed by atoms with Crippen molar-refractivity contribution in [1.82, 2.24) is 0 Å². The summed E-state index contributed by atoms with van der Waals surface area (Å²) >= 11 is 3.48. The highest BCUT2D eigenvalue weighted by atomic mass is 79.9. The van der Waals surface area contributed by atoms with Gasteiger partial charge in [0, 0.05) is 10.2 Å². The number of fused-ring (bicyclic) bond motifs is 1. The Morgan fingerprint density at radius 2 is 1.83 bits per heavy atom. The fourth-order valence-electron chi connectivity index (χ4n) is 1.93. The van der Waals surface area contributed by atoms with E-state index in [4.69, 9.17) is 4.42 Å². The first kappa shape index (κ1) is 11.4. The van der Waals surface area contributed by atoms with Crippen molar-refractivity contribution in [2.75, 3.05) is 5.32 Å². The van der Waals surface area contributed by atoms with Gasteiger partial charge in [-0.15, -0.1) is 0 Å². The highest BCUT2D eigenvalue weighted by Gasteiger charge is 1.99.